The van der Waals surface area contributed by atoms with Crippen LogP contribution >= 0.6 is 15.9 Å². The average molecular weight is 285 g/mol. The summed E-state index contributed by atoms with van der Waals surface area (Å²) in [6.07, 6.45) is 1.14. The molecule has 3 heteroatoms. The number of hydrogen-bond acceptors (Lipinski definition) is 2. The Labute approximate surface area is 107 Å². The van der Waals surface area contributed by atoms with Crippen molar-refractivity contribution in [3.05, 3.63) is 34.3 Å². The zero-order valence-corrected chi connectivity index (χ0v) is 11.9. The second kappa shape index (κ2) is 6.38. The van der Waals surface area contributed by atoms with E-state index in [1.54, 1.807) is 0 Å². The van der Waals surface area contributed by atoms with Crippen molar-refractivity contribution in [2.75, 3.05) is 13.6 Å². The van der Waals surface area contributed by atoms with Gasteiger partial charge in [-0.15, -0.1) is 0 Å². The van der Waals surface area contributed by atoms with E-state index in [-0.39, 0.29) is 0 Å². The molecule has 0 radical (unpaired) electrons. The summed E-state index contributed by atoms with van der Waals surface area (Å²) in [7, 11) is 2.15. The predicted octanol–water partition coefficient (Wildman–Crippen LogP) is 3.18. The number of nitrogens with zero attached hydrogens (tertiary/aromatic N) is 1. The van der Waals surface area contributed by atoms with Crippen LogP contribution in [0.5, 0.6) is 0 Å². The molecule has 0 aliphatic rings. The number of hydrogen-bond donors (Lipinski definition) is 1. The lowest BCUT2D eigenvalue weighted by molar-refractivity contribution is 0.184. The predicted molar refractivity (Wildman–Crippen MR) is 73.5 cm³/mol. The van der Waals surface area contributed by atoms with Crippen LogP contribution in [0.15, 0.2) is 28.7 Å². The van der Waals surface area contributed by atoms with Crippen molar-refractivity contribution in [2.45, 2.75) is 32.4 Å². The van der Waals surface area contributed by atoms with Gasteiger partial charge in [0.15, 0.2) is 0 Å². The maximum absolute atomic E-state index is 5.88. The maximum atomic E-state index is 5.88. The lowest BCUT2D eigenvalue weighted by Gasteiger charge is -2.32. The van der Waals surface area contributed by atoms with E-state index in [1.807, 2.05) is 0 Å². The van der Waals surface area contributed by atoms with Gasteiger partial charge in [0, 0.05) is 23.1 Å². The Kier molecular flexibility index (Phi) is 5.46. The Morgan fingerprint density at radius 3 is 2.31 bits per heavy atom. The van der Waals surface area contributed by atoms with E-state index in [0.29, 0.717) is 18.6 Å². The third-order valence-corrected chi connectivity index (χ3v) is 3.78. The molecule has 1 aromatic carbocycles. The van der Waals surface area contributed by atoms with Crippen LogP contribution in [0.1, 0.15) is 31.9 Å². The maximum Gasteiger partial charge on any atom is 0.0470 e. The summed E-state index contributed by atoms with van der Waals surface area (Å²) < 4.78 is 1.11. The van der Waals surface area contributed by atoms with E-state index in [9.17, 15) is 0 Å². The summed E-state index contributed by atoms with van der Waals surface area (Å²) in [4.78, 5) is 2.35. The van der Waals surface area contributed by atoms with Gasteiger partial charge in [0.2, 0.25) is 0 Å². The Bertz CT molecular complexity index is 310. The molecule has 0 aromatic heterocycles. The van der Waals surface area contributed by atoms with Crippen molar-refractivity contribution in [1.82, 2.24) is 4.90 Å². The molecule has 0 heterocycles. The average Bonchev–Trinajstić information content (AvgIpc) is 2.31. The minimum Gasteiger partial charge on any atom is -0.329 e. The summed E-state index contributed by atoms with van der Waals surface area (Å²) in [6.45, 7) is 5.10. The molecule has 2 unspecified atom stereocenters. The van der Waals surface area contributed by atoms with Crippen molar-refractivity contribution in [3.63, 3.8) is 0 Å². The van der Waals surface area contributed by atoms with Crippen molar-refractivity contribution in [1.29, 1.82) is 0 Å². The number of benzene rings is 1. The van der Waals surface area contributed by atoms with Crippen LogP contribution in [-0.4, -0.2) is 24.5 Å². The van der Waals surface area contributed by atoms with Crippen LogP contribution in [0, 0.1) is 0 Å². The molecular weight excluding hydrogens is 264 g/mol. The smallest absolute Gasteiger partial charge is 0.0470 e. The minimum atomic E-state index is 0.308. The van der Waals surface area contributed by atoms with Crippen molar-refractivity contribution in [2.24, 2.45) is 5.73 Å². The summed E-state index contributed by atoms with van der Waals surface area (Å²) in [5.74, 6) is 0. The van der Waals surface area contributed by atoms with Gasteiger partial charge in [-0.05, 0) is 38.1 Å². The lowest BCUT2D eigenvalue weighted by Crippen LogP contribution is -2.36. The molecule has 0 amide bonds. The largest absolute Gasteiger partial charge is 0.329 e. The fraction of sp³-hybridized carbons (Fsp3) is 0.538. The molecule has 2 atom stereocenters. The molecule has 0 fully saturated rings. The molecule has 90 valence electrons. The van der Waals surface area contributed by atoms with E-state index in [1.165, 1.54) is 5.56 Å². The van der Waals surface area contributed by atoms with Gasteiger partial charge < -0.3 is 5.73 Å². The molecule has 0 saturated heterocycles. The van der Waals surface area contributed by atoms with Crippen molar-refractivity contribution < 1.29 is 0 Å². The monoisotopic (exact) mass is 284 g/mol. The molecule has 1 aromatic rings. The van der Waals surface area contributed by atoms with Crippen molar-refractivity contribution in [3.8, 4) is 0 Å². The first-order chi connectivity index (χ1) is 7.60. The quantitative estimate of drug-likeness (QED) is 0.900. The molecular formula is C13H21BrN2. The number of rotatable bonds is 5. The SMILES string of the molecule is CCC(C)N(C)C(CN)c1ccc(Br)cc1. The van der Waals surface area contributed by atoms with Gasteiger partial charge in [0.1, 0.15) is 0 Å². The van der Waals surface area contributed by atoms with E-state index in [4.69, 9.17) is 5.73 Å². The van der Waals surface area contributed by atoms with Gasteiger partial charge in [0.05, 0.1) is 0 Å². The summed E-state index contributed by atoms with van der Waals surface area (Å²) in [5, 5.41) is 0. The molecule has 0 aliphatic heterocycles. The van der Waals surface area contributed by atoms with E-state index < -0.39 is 0 Å². The van der Waals surface area contributed by atoms with Gasteiger partial charge in [0.25, 0.3) is 0 Å². The molecule has 16 heavy (non-hydrogen) atoms. The molecule has 1 rings (SSSR count). The Morgan fingerprint density at radius 2 is 1.88 bits per heavy atom. The highest BCUT2D eigenvalue weighted by atomic mass is 79.9. The second-order valence-electron chi connectivity index (χ2n) is 4.23. The fourth-order valence-electron chi connectivity index (χ4n) is 1.82. The summed E-state index contributed by atoms with van der Waals surface area (Å²) in [6, 6.07) is 9.28. The molecule has 0 bridgehead atoms. The Hall–Kier alpha value is -0.380. The molecule has 2 N–H and O–H groups in total. The highest BCUT2D eigenvalue weighted by Crippen LogP contribution is 2.23. The van der Waals surface area contributed by atoms with Crippen LogP contribution in [0.2, 0.25) is 0 Å². The summed E-state index contributed by atoms with van der Waals surface area (Å²) in [5.41, 5.74) is 7.17. The Morgan fingerprint density at radius 1 is 1.31 bits per heavy atom. The third-order valence-electron chi connectivity index (χ3n) is 3.26. The number of nitrogens with two attached hydrogens (primary N) is 1. The van der Waals surface area contributed by atoms with Gasteiger partial charge in [-0.1, -0.05) is 35.0 Å². The van der Waals surface area contributed by atoms with Gasteiger partial charge in [-0.3, -0.25) is 4.90 Å². The van der Waals surface area contributed by atoms with Crippen LogP contribution in [0.3, 0.4) is 0 Å². The lowest BCUT2D eigenvalue weighted by atomic mass is 10.0. The highest BCUT2D eigenvalue weighted by molar-refractivity contribution is 9.10. The number of likely N-dealkylation sites (N-methyl/N-ethyl adjacent to an activating group) is 1. The third kappa shape index (κ3) is 3.30. The summed E-state index contributed by atoms with van der Waals surface area (Å²) >= 11 is 3.45. The van der Waals surface area contributed by atoms with Crippen LogP contribution in [0.25, 0.3) is 0 Å². The highest BCUT2D eigenvalue weighted by Gasteiger charge is 2.18. The van der Waals surface area contributed by atoms with E-state index >= 15 is 0 Å². The molecule has 0 spiro atoms. The first-order valence-corrected chi connectivity index (χ1v) is 6.56. The normalized spacial score (nSPS) is 15.1. The topological polar surface area (TPSA) is 29.3 Å². The van der Waals surface area contributed by atoms with E-state index in [0.717, 1.165) is 10.9 Å². The van der Waals surface area contributed by atoms with Crippen LogP contribution < -0.4 is 5.73 Å². The second-order valence-corrected chi connectivity index (χ2v) is 5.14. The fourth-order valence-corrected chi connectivity index (χ4v) is 2.08. The zero-order chi connectivity index (χ0) is 12.1. The van der Waals surface area contributed by atoms with Gasteiger partial charge in [-0.2, -0.15) is 0 Å². The zero-order valence-electron chi connectivity index (χ0n) is 10.3. The Balaban J connectivity index is 2.85. The van der Waals surface area contributed by atoms with Gasteiger partial charge in [-0.25, -0.2) is 0 Å². The molecule has 0 aliphatic carbocycles. The van der Waals surface area contributed by atoms with E-state index in [2.05, 4.69) is 66.0 Å². The standard InChI is InChI=1S/C13H21BrN2/c1-4-10(2)16(3)13(9-15)11-5-7-12(14)8-6-11/h5-8,10,13H,4,9,15H2,1-3H3. The van der Waals surface area contributed by atoms with Crippen LogP contribution in [0.4, 0.5) is 0 Å². The van der Waals surface area contributed by atoms with Crippen LogP contribution in [-0.2, 0) is 0 Å². The molecule has 2 nitrogen and oxygen atoms in total. The first kappa shape index (κ1) is 13.7. The van der Waals surface area contributed by atoms with Gasteiger partial charge >= 0.3 is 0 Å². The first-order valence-electron chi connectivity index (χ1n) is 5.77. The molecule has 0 saturated carbocycles. The number of halogens is 1. The minimum absolute atomic E-state index is 0.308. The van der Waals surface area contributed by atoms with Crippen molar-refractivity contribution >= 4 is 15.9 Å².